The summed E-state index contributed by atoms with van der Waals surface area (Å²) in [6, 6.07) is -0.589. The monoisotopic (exact) mass is 176 g/mol. The van der Waals surface area contributed by atoms with Gasteiger partial charge in [0.15, 0.2) is 5.12 Å². The Morgan fingerprint density at radius 1 is 1.64 bits per heavy atom. The SMILES string of the molecule is CNC(=O)[C@@H](N)CSC(C)=O. The van der Waals surface area contributed by atoms with Gasteiger partial charge in [0.2, 0.25) is 5.91 Å². The van der Waals surface area contributed by atoms with Crippen LogP contribution in [-0.4, -0.2) is 29.9 Å². The van der Waals surface area contributed by atoms with Gasteiger partial charge in [-0.2, -0.15) is 0 Å². The van der Waals surface area contributed by atoms with Gasteiger partial charge in [0.25, 0.3) is 0 Å². The summed E-state index contributed by atoms with van der Waals surface area (Å²) in [6.45, 7) is 1.45. The third-order valence-corrected chi connectivity index (χ3v) is 1.98. The molecular weight excluding hydrogens is 164 g/mol. The van der Waals surface area contributed by atoms with Gasteiger partial charge >= 0.3 is 0 Å². The Kier molecular flexibility index (Phi) is 4.89. The summed E-state index contributed by atoms with van der Waals surface area (Å²) in [6.07, 6.45) is 0. The van der Waals surface area contributed by atoms with Gasteiger partial charge in [-0.3, -0.25) is 9.59 Å². The normalized spacial score (nSPS) is 12.3. The molecule has 0 aliphatic heterocycles. The van der Waals surface area contributed by atoms with E-state index in [0.29, 0.717) is 5.75 Å². The topological polar surface area (TPSA) is 72.2 Å². The Morgan fingerprint density at radius 3 is 2.55 bits per heavy atom. The molecule has 0 bridgehead atoms. The number of rotatable bonds is 3. The second-order valence-corrected chi connectivity index (χ2v) is 3.22. The van der Waals surface area contributed by atoms with E-state index in [0.717, 1.165) is 11.8 Å². The van der Waals surface area contributed by atoms with Crippen LogP contribution in [0.1, 0.15) is 6.92 Å². The Morgan fingerprint density at radius 2 is 2.18 bits per heavy atom. The standard InChI is InChI=1S/C6H12N2O2S/c1-4(9)11-3-5(7)6(10)8-2/h5H,3,7H2,1-2H3,(H,8,10)/t5-/m0/s1. The van der Waals surface area contributed by atoms with E-state index in [1.54, 1.807) is 0 Å². The Labute approximate surface area is 69.9 Å². The van der Waals surface area contributed by atoms with Crippen molar-refractivity contribution in [2.45, 2.75) is 13.0 Å². The zero-order valence-electron chi connectivity index (χ0n) is 6.59. The van der Waals surface area contributed by atoms with Gasteiger partial charge in [-0.25, -0.2) is 0 Å². The van der Waals surface area contributed by atoms with E-state index in [2.05, 4.69) is 5.32 Å². The van der Waals surface area contributed by atoms with Crippen molar-refractivity contribution in [2.24, 2.45) is 5.73 Å². The first-order valence-electron chi connectivity index (χ1n) is 3.18. The molecule has 0 spiro atoms. The number of nitrogens with two attached hydrogens (primary N) is 1. The summed E-state index contributed by atoms with van der Waals surface area (Å²) in [5, 5.41) is 2.38. The molecule has 0 aromatic carbocycles. The molecule has 0 aliphatic rings. The number of hydrogen-bond donors (Lipinski definition) is 2. The minimum Gasteiger partial charge on any atom is -0.358 e. The van der Waals surface area contributed by atoms with E-state index in [9.17, 15) is 9.59 Å². The summed E-state index contributed by atoms with van der Waals surface area (Å²) in [5.74, 6) is 0.105. The van der Waals surface area contributed by atoms with Crippen molar-refractivity contribution in [1.29, 1.82) is 0 Å². The lowest BCUT2D eigenvalue weighted by molar-refractivity contribution is -0.121. The molecule has 4 nitrogen and oxygen atoms in total. The van der Waals surface area contributed by atoms with Crippen molar-refractivity contribution >= 4 is 22.8 Å². The molecule has 5 heteroatoms. The molecule has 0 rings (SSSR count). The fourth-order valence-corrected chi connectivity index (χ4v) is 1.03. The van der Waals surface area contributed by atoms with E-state index < -0.39 is 6.04 Å². The van der Waals surface area contributed by atoms with Gasteiger partial charge in [-0.05, 0) is 0 Å². The van der Waals surface area contributed by atoms with Crippen LogP contribution < -0.4 is 11.1 Å². The van der Waals surface area contributed by atoms with Gasteiger partial charge in [0, 0.05) is 19.7 Å². The summed E-state index contributed by atoms with van der Waals surface area (Å²) in [5.41, 5.74) is 5.39. The Balaban J connectivity index is 3.60. The molecule has 0 fully saturated rings. The van der Waals surface area contributed by atoms with Crippen molar-refractivity contribution in [1.82, 2.24) is 5.32 Å². The van der Waals surface area contributed by atoms with Crippen LogP contribution in [0.15, 0.2) is 0 Å². The van der Waals surface area contributed by atoms with E-state index >= 15 is 0 Å². The minimum absolute atomic E-state index is 0.0237. The van der Waals surface area contributed by atoms with Gasteiger partial charge in [-0.1, -0.05) is 11.8 Å². The van der Waals surface area contributed by atoms with Crippen LogP contribution in [0.3, 0.4) is 0 Å². The van der Waals surface area contributed by atoms with Gasteiger partial charge in [-0.15, -0.1) is 0 Å². The summed E-state index contributed by atoms with van der Waals surface area (Å²) in [4.78, 5) is 21.2. The van der Waals surface area contributed by atoms with Crippen molar-refractivity contribution < 1.29 is 9.59 Å². The zero-order chi connectivity index (χ0) is 8.85. The number of carbonyl (C=O) groups is 2. The molecule has 0 saturated carbocycles. The van der Waals surface area contributed by atoms with Crippen LogP contribution in [-0.2, 0) is 9.59 Å². The highest BCUT2D eigenvalue weighted by Gasteiger charge is 2.11. The van der Waals surface area contributed by atoms with Gasteiger partial charge in [0.1, 0.15) is 0 Å². The van der Waals surface area contributed by atoms with Crippen molar-refractivity contribution in [3.63, 3.8) is 0 Å². The van der Waals surface area contributed by atoms with Crippen LogP contribution in [0.25, 0.3) is 0 Å². The molecule has 64 valence electrons. The van der Waals surface area contributed by atoms with E-state index in [-0.39, 0.29) is 11.0 Å². The van der Waals surface area contributed by atoms with Crippen molar-refractivity contribution in [3.05, 3.63) is 0 Å². The predicted octanol–water partition coefficient (Wildman–Crippen LogP) is -0.661. The summed E-state index contributed by atoms with van der Waals surface area (Å²) in [7, 11) is 1.51. The van der Waals surface area contributed by atoms with Crippen LogP contribution in [0.5, 0.6) is 0 Å². The number of likely N-dealkylation sites (N-methyl/N-ethyl adjacent to an activating group) is 1. The molecular formula is C6H12N2O2S. The first kappa shape index (κ1) is 10.4. The lowest BCUT2D eigenvalue weighted by Gasteiger charge is -2.06. The Bertz CT molecular complexity index is 161. The third-order valence-electron chi connectivity index (χ3n) is 1.05. The van der Waals surface area contributed by atoms with Crippen LogP contribution in [0.2, 0.25) is 0 Å². The highest BCUT2D eigenvalue weighted by molar-refractivity contribution is 8.13. The average molecular weight is 176 g/mol. The number of nitrogens with one attached hydrogen (secondary N) is 1. The van der Waals surface area contributed by atoms with Crippen LogP contribution >= 0.6 is 11.8 Å². The largest absolute Gasteiger partial charge is 0.358 e. The summed E-state index contributed by atoms with van der Waals surface area (Å²) < 4.78 is 0. The molecule has 0 radical (unpaired) electrons. The Hall–Kier alpha value is -0.550. The molecule has 0 saturated heterocycles. The number of thioether (sulfide) groups is 1. The van der Waals surface area contributed by atoms with E-state index in [1.807, 2.05) is 0 Å². The van der Waals surface area contributed by atoms with Crippen LogP contribution in [0, 0.1) is 0 Å². The zero-order valence-corrected chi connectivity index (χ0v) is 7.40. The molecule has 1 atom stereocenters. The minimum atomic E-state index is -0.589. The smallest absolute Gasteiger partial charge is 0.237 e. The highest BCUT2D eigenvalue weighted by atomic mass is 32.2. The molecule has 0 unspecified atom stereocenters. The van der Waals surface area contributed by atoms with Gasteiger partial charge in [0.05, 0.1) is 6.04 Å². The second kappa shape index (κ2) is 5.15. The fourth-order valence-electron chi connectivity index (χ4n) is 0.468. The highest BCUT2D eigenvalue weighted by Crippen LogP contribution is 2.01. The quantitative estimate of drug-likeness (QED) is 0.598. The molecule has 0 aliphatic carbocycles. The maximum Gasteiger partial charge on any atom is 0.237 e. The second-order valence-electron chi connectivity index (χ2n) is 2.02. The lowest BCUT2D eigenvalue weighted by Crippen LogP contribution is -2.40. The maximum atomic E-state index is 10.8. The molecule has 1 amide bonds. The molecule has 0 aromatic rings. The molecule has 0 heterocycles. The van der Waals surface area contributed by atoms with Crippen molar-refractivity contribution in [2.75, 3.05) is 12.8 Å². The number of hydrogen-bond acceptors (Lipinski definition) is 4. The third kappa shape index (κ3) is 4.80. The molecule has 0 aromatic heterocycles. The number of amides is 1. The summed E-state index contributed by atoms with van der Waals surface area (Å²) >= 11 is 1.06. The van der Waals surface area contributed by atoms with Gasteiger partial charge < -0.3 is 11.1 Å². The molecule has 11 heavy (non-hydrogen) atoms. The first-order valence-corrected chi connectivity index (χ1v) is 4.17. The average Bonchev–Trinajstić information content (AvgIpc) is 1.98. The van der Waals surface area contributed by atoms with E-state index in [4.69, 9.17) is 5.73 Å². The number of carbonyl (C=O) groups excluding carboxylic acids is 2. The first-order chi connectivity index (χ1) is 5.07. The van der Waals surface area contributed by atoms with E-state index in [1.165, 1.54) is 14.0 Å². The lowest BCUT2D eigenvalue weighted by atomic mass is 10.3. The van der Waals surface area contributed by atoms with Crippen molar-refractivity contribution in [3.8, 4) is 0 Å². The predicted molar refractivity (Wildman–Crippen MR) is 45.2 cm³/mol. The van der Waals surface area contributed by atoms with Crippen LogP contribution in [0.4, 0.5) is 0 Å². The molecule has 3 N–H and O–H groups in total. The maximum absolute atomic E-state index is 10.8. The fraction of sp³-hybridized carbons (Fsp3) is 0.667.